The minimum Gasteiger partial charge on any atom is -0.496 e. The van der Waals surface area contributed by atoms with E-state index in [1.807, 2.05) is 12.1 Å². The van der Waals surface area contributed by atoms with Crippen molar-refractivity contribution in [1.82, 2.24) is 9.62 Å². The van der Waals surface area contributed by atoms with Gasteiger partial charge in [0.2, 0.25) is 10.0 Å². The van der Waals surface area contributed by atoms with Crippen molar-refractivity contribution in [2.24, 2.45) is 0 Å². The molecule has 0 atom stereocenters. The third-order valence-electron chi connectivity index (χ3n) is 3.94. The van der Waals surface area contributed by atoms with E-state index in [9.17, 15) is 8.42 Å². The zero-order valence-corrected chi connectivity index (χ0v) is 13.7. The molecule has 1 aliphatic heterocycles. The van der Waals surface area contributed by atoms with Gasteiger partial charge >= 0.3 is 0 Å². The number of aryl methyl sites for hydroxylation is 1. The lowest BCUT2D eigenvalue weighted by atomic mass is 10.1. The summed E-state index contributed by atoms with van der Waals surface area (Å²) in [6, 6.07) is 6.50. The largest absolute Gasteiger partial charge is 0.496 e. The van der Waals surface area contributed by atoms with E-state index in [-0.39, 0.29) is 0 Å². The summed E-state index contributed by atoms with van der Waals surface area (Å²) < 4.78 is 29.9. The first-order chi connectivity index (χ1) is 9.90. The molecule has 6 heteroatoms. The summed E-state index contributed by atoms with van der Waals surface area (Å²) >= 11 is 0. The van der Waals surface area contributed by atoms with Crippen molar-refractivity contribution in [3.63, 3.8) is 0 Å². The SMILES string of the molecule is COc1ccc(C)cc1CNC1CCN(S(C)(=O)=O)CC1. The van der Waals surface area contributed by atoms with Gasteiger partial charge in [0.1, 0.15) is 5.75 Å². The van der Waals surface area contributed by atoms with Crippen LogP contribution in [0, 0.1) is 6.92 Å². The van der Waals surface area contributed by atoms with Crippen molar-refractivity contribution in [2.75, 3.05) is 26.5 Å². The first-order valence-corrected chi connectivity index (χ1v) is 9.07. The standard InChI is InChI=1S/C15H24N2O3S/c1-12-4-5-15(20-2)13(10-12)11-16-14-6-8-17(9-7-14)21(3,18)19/h4-5,10,14,16H,6-9,11H2,1-3H3. The molecule has 0 radical (unpaired) electrons. The fourth-order valence-corrected chi connectivity index (χ4v) is 3.57. The molecule has 0 spiro atoms. The van der Waals surface area contributed by atoms with E-state index < -0.39 is 10.0 Å². The molecule has 0 amide bonds. The lowest BCUT2D eigenvalue weighted by Gasteiger charge is -2.30. The van der Waals surface area contributed by atoms with E-state index in [1.54, 1.807) is 11.4 Å². The molecule has 2 rings (SSSR count). The average molecular weight is 312 g/mol. The molecule has 1 aliphatic rings. The van der Waals surface area contributed by atoms with Crippen LogP contribution < -0.4 is 10.1 Å². The van der Waals surface area contributed by atoms with Gasteiger partial charge in [-0.1, -0.05) is 17.7 Å². The van der Waals surface area contributed by atoms with E-state index in [2.05, 4.69) is 18.3 Å². The predicted octanol–water partition coefficient (Wildman–Crippen LogP) is 1.52. The fraction of sp³-hybridized carbons (Fsp3) is 0.600. The lowest BCUT2D eigenvalue weighted by Crippen LogP contribution is -2.44. The van der Waals surface area contributed by atoms with Gasteiger partial charge < -0.3 is 10.1 Å². The molecule has 0 bridgehead atoms. The highest BCUT2D eigenvalue weighted by molar-refractivity contribution is 7.88. The summed E-state index contributed by atoms with van der Waals surface area (Å²) in [4.78, 5) is 0. The second-order valence-electron chi connectivity index (χ2n) is 5.63. The molecule has 1 aromatic rings. The number of piperidine rings is 1. The topological polar surface area (TPSA) is 58.6 Å². The molecule has 0 aromatic heterocycles. The Morgan fingerprint density at radius 3 is 2.57 bits per heavy atom. The molecule has 0 saturated carbocycles. The van der Waals surface area contributed by atoms with Crippen molar-refractivity contribution >= 4 is 10.0 Å². The van der Waals surface area contributed by atoms with Gasteiger partial charge in [0.25, 0.3) is 0 Å². The number of methoxy groups -OCH3 is 1. The quantitative estimate of drug-likeness (QED) is 0.895. The first kappa shape index (κ1) is 16.3. The van der Waals surface area contributed by atoms with E-state index in [0.29, 0.717) is 19.1 Å². The van der Waals surface area contributed by atoms with Crippen LogP contribution in [0.2, 0.25) is 0 Å². The summed E-state index contributed by atoms with van der Waals surface area (Å²) in [5.41, 5.74) is 2.35. The van der Waals surface area contributed by atoms with Crippen LogP contribution in [0.1, 0.15) is 24.0 Å². The highest BCUT2D eigenvalue weighted by atomic mass is 32.2. The Labute approximate surface area is 127 Å². The summed E-state index contributed by atoms with van der Waals surface area (Å²) in [7, 11) is -1.37. The van der Waals surface area contributed by atoms with Gasteiger partial charge in [0, 0.05) is 31.2 Å². The van der Waals surface area contributed by atoms with Crippen molar-refractivity contribution in [3.8, 4) is 5.75 Å². The van der Waals surface area contributed by atoms with Crippen LogP contribution in [0.4, 0.5) is 0 Å². The van der Waals surface area contributed by atoms with Crippen LogP contribution in [0.25, 0.3) is 0 Å². The van der Waals surface area contributed by atoms with Crippen LogP contribution in [-0.2, 0) is 16.6 Å². The van der Waals surface area contributed by atoms with Gasteiger partial charge in [0.15, 0.2) is 0 Å². The Morgan fingerprint density at radius 2 is 2.00 bits per heavy atom. The van der Waals surface area contributed by atoms with Gasteiger partial charge in [-0.05, 0) is 25.8 Å². The first-order valence-electron chi connectivity index (χ1n) is 7.22. The molecule has 0 unspecified atom stereocenters. The Bertz CT molecular complexity index is 579. The molecule has 1 aromatic carbocycles. The molecule has 21 heavy (non-hydrogen) atoms. The summed E-state index contributed by atoms with van der Waals surface area (Å²) in [5, 5.41) is 3.51. The normalized spacial score (nSPS) is 17.9. The number of nitrogens with one attached hydrogen (secondary N) is 1. The number of hydrogen-bond acceptors (Lipinski definition) is 4. The van der Waals surface area contributed by atoms with Gasteiger partial charge in [0.05, 0.1) is 13.4 Å². The van der Waals surface area contributed by atoms with Gasteiger partial charge in [-0.2, -0.15) is 0 Å². The van der Waals surface area contributed by atoms with E-state index in [0.717, 1.165) is 30.7 Å². The minimum atomic E-state index is -3.05. The van der Waals surface area contributed by atoms with Crippen molar-refractivity contribution in [2.45, 2.75) is 32.4 Å². The summed E-state index contributed by atoms with van der Waals surface area (Å²) in [5.74, 6) is 0.890. The molecule has 1 fully saturated rings. The lowest BCUT2D eigenvalue weighted by molar-refractivity contribution is 0.289. The fourth-order valence-electron chi connectivity index (χ4n) is 2.69. The Morgan fingerprint density at radius 1 is 1.33 bits per heavy atom. The number of benzene rings is 1. The van der Waals surface area contributed by atoms with E-state index >= 15 is 0 Å². The molecular weight excluding hydrogens is 288 g/mol. The van der Waals surface area contributed by atoms with E-state index in [4.69, 9.17) is 4.74 Å². The number of sulfonamides is 1. The van der Waals surface area contributed by atoms with Crippen LogP contribution in [-0.4, -0.2) is 45.2 Å². The highest BCUT2D eigenvalue weighted by Gasteiger charge is 2.24. The van der Waals surface area contributed by atoms with Crippen molar-refractivity contribution < 1.29 is 13.2 Å². The third-order valence-corrected chi connectivity index (χ3v) is 5.24. The smallest absolute Gasteiger partial charge is 0.211 e. The van der Waals surface area contributed by atoms with E-state index in [1.165, 1.54) is 11.8 Å². The Hall–Kier alpha value is -1.11. The molecule has 118 valence electrons. The van der Waals surface area contributed by atoms with Gasteiger partial charge in [-0.25, -0.2) is 12.7 Å². The maximum atomic E-state index is 11.5. The van der Waals surface area contributed by atoms with Crippen molar-refractivity contribution in [1.29, 1.82) is 0 Å². The Kier molecular flexibility index (Phi) is 5.24. The number of rotatable bonds is 5. The van der Waals surface area contributed by atoms with Gasteiger partial charge in [-0.3, -0.25) is 0 Å². The Balaban J connectivity index is 1.89. The van der Waals surface area contributed by atoms with Crippen LogP contribution in [0.15, 0.2) is 18.2 Å². The summed E-state index contributed by atoms with van der Waals surface area (Å²) in [6.07, 6.45) is 2.97. The predicted molar refractivity (Wildman–Crippen MR) is 84.0 cm³/mol. The molecule has 0 aliphatic carbocycles. The number of ether oxygens (including phenoxy) is 1. The average Bonchev–Trinajstić information content (AvgIpc) is 2.45. The zero-order chi connectivity index (χ0) is 15.5. The molecule has 1 heterocycles. The van der Waals surface area contributed by atoms with Crippen LogP contribution in [0.3, 0.4) is 0 Å². The van der Waals surface area contributed by atoms with Gasteiger partial charge in [-0.15, -0.1) is 0 Å². The maximum Gasteiger partial charge on any atom is 0.211 e. The molecular formula is C15H24N2O3S. The third kappa shape index (κ3) is 4.43. The second kappa shape index (κ2) is 6.77. The maximum absolute atomic E-state index is 11.5. The summed E-state index contributed by atoms with van der Waals surface area (Å²) in [6.45, 7) is 4.00. The minimum absolute atomic E-state index is 0.355. The number of nitrogens with zero attached hydrogens (tertiary/aromatic N) is 1. The monoisotopic (exact) mass is 312 g/mol. The second-order valence-corrected chi connectivity index (χ2v) is 7.61. The molecule has 5 nitrogen and oxygen atoms in total. The number of hydrogen-bond donors (Lipinski definition) is 1. The molecule has 1 N–H and O–H groups in total. The highest BCUT2D eigenvalue weighted by Crippen LogP contribution is 2.20. The zero-order valence-electron chi connectivity index (χ0n) is 12.9. The van der Waals surface area contributed by atoms with Crippen LogP contribution in [0.5, 0.6) is 5.75 Å². The van der Waals surface area contributed by atoms with Crippen LogP contribution >= 0.6 is 0 Å². The van der Waals surface area contributed by atoms with Crippen molar-refractivity contribution in [3.05, 3.63) is 29.3 Å². The molecule has 1 saturated heterocycles.